The summed E-state index contributed by atoms with van der Waals surface area (Å²) in [6, 6.07) is 0. The number of hydrogen-bond acceptors (Lipinski definition) is 6. The summed E-state index contributed by atoms with van der Waals surface area (Å²) < 4.78 is 4.68. The second-order valence-corrected chi connectivity index (χ2v) is 3.09. The number of carbonyl (C=O) groups is 1. The zero-order valence-corrected chi connectivity index (χ0v) is 7.15. The predicted octanol–water partition coefficient (Wildman–Crippen LogP) is -3.09. The van der Waals surface area contributed by atoms with Crippen LogP contribution < -0.4 is 0 Å². The monoisotopic (exact) mass is 208 g/mol. The Balaban J connectivity index is 2.78. The van der Waals surface area contributed by atoms with E-state index in [1.54, 1.807) is 0 Å². The number of ether oxygens (including phenoxy) is 1. The van der Waals surface area contributed by atoms with Gasteiger partial charge in [0.05, 0.1) is 6.61 Å². The van der Waals surface area contributed by atoms with E-state index < -0.39 is 43.1 Å². The maximum Gasteiger partial charge on any atom is 0.335 e. The fourth-order valence-corrected chi connectivity index (χ4v) is 1.31. The van der Waals surface area contributed by atoms with Gasteiger partial charge in [0.1, 0.15) is 24.4 Å². The minimum absolute atomic E-state index is 0.630. The average molecular weight is 208 g/mol. The van der Waals surface area contributed by atoms with E-state index in [2.05, 4.69) is 4.74 Å². The average Bonchev–Trinajstić information content (AvgIpc) is 2.14. The summed E-state index contributed by atoms with van der Waals surface area (Å²) in [4.78, 5) is 10.5. The Hall–Kier alpha value is -0.730. The van der Waals surface area contributed by atoms with Crippen LogP contribution in [0.4, 0.5) is 0 Å². The van der Waals surface area contributed by atoms with Crippen LogP contribution in [0.25, 0.3) is 0 Å². The van der Waals surface area contributed by atoms with Crippen molar-refractivity contribution in [2.75, 3.05) is 6.61 Å². The molecular weight excluding hydrogens is 196 g/mol. The van der Waals surface area contributed by atoms with Crippen molar-refractivity contribution in [3.8, 4) is 0 Å². The summed E-state index contributed by atoms with van der Waals surface area (Å²) in [5.74, 6) is -1.46. The van der Waals surface area contributed by atoms with Crippen molar-refractivity contribution in [1.29, 1.82) is 0 Å². The molecule has 0 spiro atoms. The van der Waals surface area contributed by atoms with E-state index in [9.17, 15) is 20.1 Å². The van der Waals surface area contributed by atoms with Crippen LogP contribution in [0.15, 0.2) is 0 Å². The summed E-state index contributed by atoms with van der Waals surface area (Å²) in [6.07, 6.45) is -7.67. The zero-order valence-electron chi connectivity index (χ0n) is 7.15. The summed E-state index contributed by atoms with van der Waals surface area (Å²) in [7, 11) is 0. The molecule has 0 aromatic heterocycles. The van der Waals surface area contributed by atoms with E-state index in [1.807, 2.05) is 0 Å². The lowest BCUT2D eigenvalue weighted by molar-refractivity contribution is -0.233. The van der Waals surface area contributed by atoms with Crippen molar-refractivity contribution in [3.05, 3.63) is 0 Å². The first kappa shape index (κ1) is 11.3. The SMILES string of the molecule is O=C(O)[C@@H]1O[C@H](CO)[C@H](O)[C@@H](O)[C@@H]1O. The van der Waals surface area contributed by atoms with Crippen LogP contribution in [-0.4, -0.2) is 68.6 Å². The Labute approximate surface area is 79.2 Å². The molecule has 1 rings (SSSR count). The van der Waals surface area contributed by atoms with Crippen molar-refractivity contribution in [3.63, 3.8) is 0 Å². The van der Waals surface area contributed by atoms with Gasteiger partial charge < -0.3 is 30.3 Å². The highest BCUT2D eigenvalue weighted by Gasteiger charge is 2.46. The van der Waals surface area contributed by atoms with E-state index >= 15 is 0 Å². The van der Waals surface area contributed by atoms with Gasteiger partial charge in [-0.25, -0.2) is 4.79 Å². The van der Waals surface area contributed by atoms with E-state index in [0.29, 0.717) is 0 Å². The van der Waals surface area contributed by atoms with E-state index in [0.717, 1.165) is 0 Å². The molecule has 0 radical (unpaired) electrons. The lowest BCUT2D eigenvalue weighted by Crippen LogP contribution is -2.60. The fourth-order valence-electron chi connectivity index (χ4n) is 1.31. The minimum atomic E-state index is -1.70. The Morgan fingerprint density at radius 1 is 1.14 bits per heavy atom. The number of carboxylic acids is 1. The smallest absolute Gasteiger partial charge is 0.335 e. The van der Waals surface area contributed by atoms with Crippen LogP contribution in [0.5, 0.6) is 0 Å². The molecule has 1 fully saturated rings. The second kappa shape index (κ2) is 4.20. The predicted molar refractivity (Wildman–Crippen MR) is 41.4 cm³/mol. The first-order valence-corrected chi connectivity index (χ1v) is 4.02. The summed E-state index contributed by atoms with van der Waals surface area (Å²) in [6.45, 7) is -0.630. The van der Waals surface area contributed by atoms with Crippen molar-refractivity contribution >= 4 is 5.97 Å². The van der Waals surface area contributed by atoms with Crippen molar-refractivity contribution < 1.29 is 35.1 Å². The quantitative estimate of drug-likeness (QED) is 0.325. The Morgan fingerprint density at radius 2 is 1.71 bits per heavy atom. The van der Waals surface area contributed by atoms with E-state index in [4.69, 9.17) is 10.2 Å². The Kier molecular flexibility index (Phi) is 3.40. The third kappa shape index (κ3) is 1.86. The van der Waals surface area contributed by atoms with Crippen molar-refractivity contribution in [2.45, 2.75) is 30.5 Å². The molecule has 5 atom stereocenters. The molecule has 82 valence electrons. The molecule has 5 N–H and O–H groups in total. The Bertz CT molecular complexity index is 216. The second-order valence-electron chi connectivity index (χ2n) is 3.09. The molecule has 0 bridgehead atoms. The molecule has 7 nitrogen and oxygen atoms in total. The molecule has 0 aromatic carbocycles. The van der Waals surface area contributed by atoms with Gasteiger partial charge in [-0.05, 0) is 0 Å². The number of aliphatic hydroxyl groups is 4. The maximum atomic E-state index is 10.5. The van der Waals surface area contributed by atoms with Gasteiger partial charge in [0.15, 0.2) is 6.10 Å². The van der Waals surface area contributed by atoms with Gasteiger partial charge in [-0.15, -0.1) is 0 Å². The van der Waals surface area contributed by atoms with Gasteiger partial charge in [0, 0.05) is 0 Å². The molecule has 0 aromatic rings. The number of rotatable bonds is 2. The molecule has 14 heavy (non-hydrogen) atoms. The van der Waals surface area contributed by atoms with Crippen LogP contribution in [-0.2, 0) is 9.53 Å². The minimum Gasteiger partial charge on any atom is -0.479 e. The molecule has 1 saturated heterocycles. The standard InChI is InChI=1S/C7H12O7/c8-1-2-3(9)4(10)5(11)6(14-2)7(12)13/h2-6,8-11H,1H2,(H,12,13)/t2-,3+,4-,5+,6-/m1/s1. The highest BCUT2D eigenvalue weighted by atomic mass is 16.6. The molecule has 1 aliphatic heterocycles. The molecule has 0 unspecified atom stereocenters. The third-order valence-electron chi connectivity index (χ3n) is 2.14. The summed E-state index contributed by atoms with van der Waals surface area (Å²) >= 11 is 0. The number of aliphatic hydroxyl groups excluding tert-OH is 4. The topological polar surface area (TPSA) is 127 Å². The van der Waals surface area contributed by atoms with E-state index in [-0.39, 0.29) is 0 Å². The van der Waals surface area contributed by atoms with Crippen molar-refractivity contribution in [1.82, 2.24) is 0 Å². The first-order valence-electron chi connectivity index (χ1n) is 4.02. The number of aliphatic carboxylic acids is 1. The Morgan fingerprint density at radius 3 is 2.14 bits per heavy atom. The van der Waals surface area contributed by atoms with Gasteiger partial charge in [-0.1, -0.05) is 0 Å². The van der Waals surface area contributed by atoms with Gasteiger partial charge in [0.25, 0.3) is 0 Å². The normalized spacial score (nSPS) is 43.6. The highest BCUT2D eigenvalue weighted by molar-refractivity contribution is 5.73. The summed E-state index contributed by atoms with van der Waals surface area (Å²) in [5.41, 5.74) is 0. The molecule has 1 heterocycles. The maximum absolute atomic E-state index is 10.5. The molecule has 0 amide bonds. The van der Waals surface area contributed by atoms with Crippen LogP contribution in [0.2, 0.25) is 0 Å². The van der Waals surface area contributed by atoms with Gasteiger partial charge in [-0.2, -0.15) is 0 Å². The molecule has 1 aliphatic rings. The number of carboxylic acid groups (broad SMARTS) is 1. The summed E-state index contributed by atoms with van der Waals surface area (Å²) in [5, 5.41) is 44.9. The van der Waals surface area contributed by atoms with Gasteiger partial charge in [0.2, 0.25) is 0 Å². The van der Waals surface area contributed by atoms with Crippen LogP contribution >= 0.6 is 0 Å². The fraction of sp³-hybridized carbons (Fsp3) is 0.857. The third-order valence-corrected chi connectivity index (χ3v) is 2.14. The largest absolute Gasteiger partial charge is 0.479 e. The van der Waals surface area contributed by atoms with Crippen LogP contribution in [0.1, 0.15) is 0 Å². The zero-order chi connectivity index (χ0) is 10.9. The van der Waals surface area contributed by atoms with Crippen LogP contribution in [0.3, 0.4) is 0 Å². The van der Waals surface area contributed by atoms with E-state index in [1.165, 1.54) is 0 Å². The van der Waals surface area contributed by atoms with Gasteiger partial charge >= 0.3 is 5.97 Å². The molecular formula is C7H12O7. The highest BCUT2D eigenvalue weighted by Crippen LogP contribution is 2.20. The molecule has 7 heteroatoms. The lowest BCUT2D eigenvalue weighted by Gasteiger charge is -2.38. The van der Waals surface area contributed by atoms with Crippen LogP contribution in [0, 0.1) is 0 Å². The molecule has 0 aliphatic carbocycles. The number of hydrogen-bond donors (Lipinski definition) is 5. The molecule has 0 saturated carbocycles. The first-order chi connectivity index (χ1) is 6.49. The van der Waals surface area contributed by atoms with Gasteiger partial charge in [-0.3, -0.25) is 0 Å². The lowest BCUT2D eigenvalue weighted by atomic mass is 9.95. The van der Waals surface area contributed by atoms with Crippen molar-refractivity contribution in [2.24, 2.45) is 0 Å².